The first-order chi connectivity index (χ1) is 16.0. The summed E-state index contributed by atoms with van der Waals surface area (Å²) in [5.41, 5.74) is 2.85. The summed E-state index contributed by atoms with van der Waals surface area (Å²) in [4.78, 5) is 28.1. The number of rotatable bonds is 10. The van der Waals surface area contributed by atoms with Gasteiger partial charge in [0, 0.05) is 24.5 Å². The minimum absolute atomic E-state index is 0.172. The highest BCUT2D eigenvalue weighted by Crippen LogP contribution is 2.18. The molecule has 0 aliphatic heterocycles. The van der Waals surface area contributed by atoms with E-state index in [2.05, 4.69) is 5.32 Å². The fourth-order valence-electron chi connectivity index (χ4n) is 3.61. The molecule has 0 aromatic heterocycles. The standard InChI is InChI=1S/C27H29ClN2O3/c1-3-29-27(32)25(17-21-10-5-4-6-11-21)30(18-22-12-8-13-23(28)16-22)26(31)19-33-24-14-7-9-20(2)15-24/h4-16,25H,3,17-19H2,1-2H3,(H,29,32)/t25-/m0/s1. The number of nitrogens with one attached hydrogen (secondary N) is 1. The highest BCUT2D eigenvalue weighted by atomic mass is 35.5. The summed E-state index contributed by atoms with van der Waals surface area (Å²) in [7, 11) is 0. The fraction of sp³-hybridized carbons (Fsp3) is 0.259. The van der Waals surface area contributed by atoms with E-state index in [1.165, 1.54) is 0 Å². The van der Waals surface area contributed by atoms with Gasteiger partial charge in [0.15, 0.2) is 6.61 Å². The Bertz CT molecular complexity index is 1070. The Morgan fingerprint density at radius 1 is 0.970 bits per heavy atom. The van der Waals surface area contributed by atoms with Crippen molar-refractivity contribution >= 4 is 23.4 Å². The second-order valence-electron chi connectivity index (χ2n) is 7.86. The van der Waals surface area contributed by atoms with E-state index in [9.17, 15) is 9.59 Å². The van der Waals surface area contributed by atoms with Crippen LogP contribution in [0.4, 0.5) is 0 Å². The number of hydrogen-bond donors (Lipinski definition) is 1. The van der Waals surface area contributed by atoms with Crippen LogP contribution in [-0.4, -0.2) is 35.9 Å². The van der Waals surface area contributed by atoms with Crippen molar-refractivity contribution in [2.24, 2.45) is 0 Å². The van der Waals surface area contributed by atoms with Gasteiger partial charge in [-0.2, -0.15) is 0 Å². The molecule has 2 amide bonds. The molecule has 0 spiro atoms. The van der Waals surface area contributed by atoms with Crippen molar-refractivity contribution in [1.29, 1.82) is 0 Å². The topological polar surface area (TPSA) is 58.6 Å². The molecule has 3 aromatic carbocycles. The summed E-state index contributed by atoms with van der Waals surface area (Å²) in [6.07, 6.45) is 0.392. The quantitative estimate of drug-likeness (QED) is 0.468. The number of hydrogen-bond acceptors (Lipinski definition) is 3. The molecule has 3 rings (SSSR count). The lowest BCUT2D eigenvalue weighted by Crippen LogP contribution is -2.51. The van der Waals surface area contributed by atoms with Gasteiger partial charge in [0.05, 0.1) is 0 Å². The van der Waals surface area contributed by atoms with Crippen LogP contribution in [0.1, 0.15) is 23.6 Å². The lowest BCUT2D eigenvalue weighted by molar-refractivity contribution is -0.142. The van der Waals surface area contributed by atoms with Gasteiger partial charge in [-0.05, 0) is 54.8 Å². The highest BCUT2D eigenvalue weighted by molar-refractivity contribution is 6.30. The Morgan fingerprint density at radius 3 is 2.39 bits per heavy atom. The number of benzene rings is 3. The first-order valence-corrected chi connectivity index (χ1v) is 11.4. The van der Waals surface area contributed by atoms with Crippen molar-refractivity contribution < 1.29 is 14.3 Å². The Morgan fingerprint density at radius 2 is 1.70 bits per heavy atom. The fourth-order valence-corrected chi connectivity index (χ4v) is 3.82. The third-order valence-electron chi connectivity index (χ3n) is 5.22. The van der Waals surface area contributed by atoms with Crippen LogP contribution < -0.4 is 10.1 Å². The van der Waals surface area contributed by atoms with Crippen LogP contribution in [0.5, 0.6) is 5.75 Å². The van der Waals surface area contributed by atoms with E-state index in [-0.39, 0.29) is 25.0 Å². The van der Waals surface area contributed by atoms with Crippen LogP contribution in [0.25, 0.3) is 0 Å². The zero-order valence-electron chi connectivity index (χ0n) is 19.0. The molecule has 0 aliphatic carbocycles. The van der Waals surface area contributed by atoms with Crippen molar-refractivity contribution in [2.45, 2.75) is 32.9 Å². The molecule has 1 atom stereocenters. The van der Waals surface area contributed by atoms with Crippen molar-refractivity contribution in [1.82, 2.24) is 10.2 Å². The van der Waals surface area contributed by atoms with Gasteiger partial charge in [0.2, 0.25) is 5.91 Å². The number of carbonyl (C=O) groups is 2. The van der Waals surface area contributed by atoms with E-state index in [4.69, 9.17) is 16.3 Å². The molecule has 0 saturated carbocycles. The maximum atomic E-state index is 13.4. The van der Waals surface area contributed by atoms with Gasteiger partial charge < -0.3 is 15.0 Å². The Labute approximate surface area is 200 Å². The van der Waals surface area contributed by atoms with Crippen molar-refractivity contribution in [3.05, 3.63) is 101 Å². The van der Waals surface area contributed by atoms with Crippen LogP contribution in [0.3, 0.4) is 0 Å². The van der Waals surface area contributed by atoms with Gasteiger partial charge in [0.1, 0.15) is 11.8 Å². The molecule has 0 radical (unpaired) electrons. The molecular weight excluding hydrogens is 436 g/mol. The molecule has 33 heavy (non-hydrogen) atoms. The predicted octanol–water partition coefficient (Wildman–Crippen LogP) is 4.80. The van der Waals surface area contributed by atoms with Gasteiger partial charge >= 0.3 is 0 Å². The first-order valence-electron chi connectivity index (χ1n) is 11.0. The summed E-state index contributed by atoms with van der Waals surface area (Å²) in [6.45, 7) is 4.37. The Balaban J connectivity index is 1.89. The average molecular weight is 465 g/mol. The molecular formula is C27H29ClN2O3. The Kier molecular flexibility index (Phi) is 8.90. The number of carbonyl (C=O) groups excluding carboxylic acids is 2. The Hall–Kier alpha value is -3.31. The number of halogens is 1. The largest absolute Gasteiger partial charge is 0.484 e. The number of aryl methyl sites for hydroxylation is 1. The lowest BCUT2D eigenvalue weighted by Gasteiger charge is -2.31. The summed E-state index contributed by atoms with van der Waals surface area (Å²) in [6, 6.07) is 23.8. The van der Waals surface area contributed by atoms with Gasteiger partial charge in [-0.3, -0.25) is 9.59 Å². The maximum absolute atomic E-state index is 13.4. The summed E-state index contributed by atoms with van der Waals surface area (Å²) in [5, 5.41) is 3.46. The lowest BCUT2D eigenvalue weighted by atomic mass is 10.0. The molecule has 0 bridgehead atoms. The molecule has 6 heteroatoms. The highest BCUT2D eigenvalue weighted by Gasteiger charge is 2.30. The zero-order chi connectivity index (χ0) is 23.6. The third-order valence-corrected chi connectivity index (χ3v) is 5.45. The number of likely N-dealkylation sites (N-methyl/N-ethyl adjacent to an activating group) is 1. The van der Waals surface area contributed by atoms with Crippen LogP contribution in [0, 0.1) is 6.92 Å². The molecule has 0 fully saturated rings. The van der Waals surface area contributed by atoms with Crippen LogP contribution in [0.15, 0.2) is 78.9 Å². The van der Waals surface area contributed by atoms with Crippen molar-refractivity contribution in [3.63, 3.8) is 0 Å². The monoisotopic (exact) mass is 464 g/mol. The minimum Gasteiger partial charge on any atom is -0.484 e. The predicted molar refractivity (Wildman–Crippen MR) is 131 cm³/mol. The van der Waals surface area contributed by atoms with E-state index in [0.29, 0.717) is 23.7 Å². The van der Waals surface area contributed by atoms with E-state index < -0.39 is 6.04 Å². The van der Waals surface area contributed by atoms with E-state index >= 15 is 0 Å². The van der Waals surface area contributed by atoms with E-state index in [1.807, 2.05) is 80.6 Å². The molecule has 0 aliphatic rings. The molecule has 0 saturated heterocycles. The summed E-state index contributed by atoms with van der Waals surface area (Å²) >= 11 is 6.18. The second-order valence-corrected chi connectivity index (χ2v) is 8.29. The van der Waals surface area contributed by atoms with Gasteiger partial charge in [-0.25, -0.2) is 0 Å². The summed E-state index contributed by atoms with van der Waals surface area (Å²) in [5.74, 6) is 0.139. The minimum atomic E-state index is -0.694. The van der Waals surface area contributed by atoms with Crippen LogP contribution in [-0.2, 0) is 22.6 Å². The van der Waals surface area contributed by atoms with Gasteiger partial charge in [-0.15, -0.1) is 0 Å². The first kappa shape index (κ1) is 24.3. The molecule has 5 nitrogen and oxygen atoms in total. The number of amides is 2. The van der Waals surface area contributed by atoms with Crippen molar-refractivity contribution in [2.75, 3.05) is 13.2 Å². The molecule has 1 N–H and O–H groups in total. The third kappa shape index (κ3) is 7.36. The summed E-state index contributed by atoms with van der Waals surface area (Å²) < 4.78 is 5.78. The average Bonchev–Trinajstić information content (AvgIpc) is 2.80. The molecule has 0 unspecified atom stereocenters. The number of nitrogens with zero attached hydrogens (tertiary/aromatic N) is 1. The zero-order valence-corrected chi connectivity index (χ0v) is 19.7. The molecule has 3 aromatic rings. The van der Waals surface area contributed by atoms with E-state index in [1.54, 1.807) is 17.0 Å². The van der Waals surface area contributed by atoms with Crippen LogP contribution >= 0.6 is 11.6 Å². The maximum Gasteiger partial charge on any atom is 0.261 e. The smallest absolute Gasteiger partial charge is 0.261 e. The second kappa shape index (κ2) is 12.1. The molecule has 0 heterocycles. The van der Waals surface area contributed by atoms with Crippen LogP contribution in [0.2, 0.25) is 5.02 Å². The van der Waals surface area contributed by atoms with Crippen molar-refractivity contribution in [3.8, 4) is 5.75 Å². The van der Waals surface area contributed by atoms with Gasteiger partial charge in [-0.1, -0.05) is 66.2 Å². The normalized spacial score (nSPS) is 11.5. The van der Waals surface area contributed by atoms with E-state index in [0.717, 1.165) is 16.7 Å². The number of ether oxygens (including phenoxy) is 1. The van der Waals surface area contributed by atoms with Gasteiger partial charge in [0.25, 0.3) is 5.91 Å². The molecule has 172 valence electrons. The SMILES string of the molecule is CCNC(=O)[C@H](Cc1ccccc1)N(Cc1cccc(Cl)c1)C(=O)COc1cccc(C)c1.